The molecule has 2 atom stereocenters. The van der Waals surface area contributed by atoms with E-state index < -0.39 is 24.2 Å². The van der Waals surface area contributed by atoms with Crippen molar-refractivity contribution >= 4 is 17.8 Å². The highest BCUT2D eigenvalue weighted by Gasteiger charge is 2.28. The number of amides is 1. The monoisotopic (exact) mass is 609 g/mol. The van der Waals surface area contributed by atoms with Gasteiger partial charge in [0.15, 0.2) is 6.29 Å². The van der Waals surface area contributed by atoms with Crippen LogP contribution in [-0.4, -0.2) is 59.0 Å². The molecule has 4 rings (SSSR count). The van der Waals surface area contributed by atoms with Crippen molar-refractivity contribution in [2.24, 2.45) is 17.8 Å². The van der Waals surface area contributed by atoms with Gasteiger partial charge in [0.1, 0.15) is 6.04 Å². The smallest absolute Gasteiger partial charge is 0.320 e. The zero-order valence-electron chi connectivity index (χ0n) is 26.7. The maximum absolute atomic E-state index is 12.4. The predicted molar refractivity (Wildman–Crippen MR) is 170 cm³/mol. The fraction of sp³-hybridized carbons (Fsp3) is 0.647. The third-order valence-electron chi connectivity index (χ3n) is 8.79. The van der Waals surface area contributed by atoms with Crippen LogP contribution in [0.25, 0.3) is 0 Å². The number of hydroxylamine groups is 1. The van der Waals surface area contributed by atoms with Crippen LogP contribution in [0.4, 0.5) is 5.95 Å². The number of hydrogen-bond donors (Lipinski definition) is 3. The van der Waals surface area contributed by atoms with Crippen molar-refractivity contribution in [3.05, 3.63) is 53.3 Å². The Morgan fingerprint density at radius 3 is 2.27 bits per heavy atom. The number of nitrogens with zero attached hydrogens (tertiary/aromatic N) is 3. The molecule has 1 amide bonds. The molecule has 0 spiro atoms. The molecule has 0 radical (unpaired) electrons. The molecule has 1 unspecified atom stereocenters. The quantitative estimate of drug-likeness (QED) is 0.167. The molecule has 1 saturated heterocycles. The summed E-state index contributed by atoms with van der Waals surface area (Å²) in [6, 6.07) is 8.18. The minimum Gasteiger partial charge on any atom is -0.480 e. The average molecular weight is 610 g/mol. The topological polar surface area (TPSA) is 126 Å². The fourth-order valence-electron chi connectivity index (χ4n) is 6.15. The van der Waals surface area contributed by atoms with Gasteiger partial charge in [-0.1, -0.05) is 57.4 Å². The second-order valence-corrected chi connectivity index (χ2v) is 12.8. The van der Waals surface area contributed by atoms with E-state index >= 15 is 0 Å². The number of nitrogens with one attached hydrogen (secondary N) is 2. The summed E-state index contributed by atoms with van der Waals surface area (Å²) in [5, 5.41) is 13.0. The lowest BCUT2D eigenvalue weighted by molar-refractivity contribution is -0.163. The molecular formula is C34H51N5O5. The number of anilines is 1. The first-order valence-electron chi connectivity index (χ1n) is 16.5. The largest absolute Gasteiger partial charge is 0.480 e. The number of piperidine rings is 1. The molecule has 1 aromatic carbocycles. The van der Waals surface area contributed by atoms with Gasteiger partial charge in [0.2, 0.25) is 5.95 Å². The number of rotatable bonds is 16. The molecule has 10 nitrogen and oxygen atoms in total. The maximum atomic E-state index is 12.4. The zero-order valence-corrected chi connectivity index (χ0v) is 26.7. The first-order chi connectivity index (χ1) is 21.3. The summed E-state index contributed by atoms with van der Waals surface area (Å²) in [6.45, 7) is 8.79. The Balaban J connectivity index is 1.12. The third kappa shape index (κ3) is 10.8. The number of benzene rings is 1. The minimum atomic E-state index is -0.728. The van der Waals surface area contributed by atoms with E-state index in [1.54, 1.807) is 6.92 Å². The lowest BCUT2D eigenvalue weighted by Crippen LogP contribution is -2.43. The van der Waals surface area contributed by atoms with Gasteiger partial charge >= 0.3 is 5.97 Å². The number of hydrogen-bond acceptors (Lipinski definition) is 8. The molecule has 2 fully saturated rings. The van der Waals surface area contributed by atoms with Crippen molar-refractivity contribution in [2.45, 2.75) is 104 Å². The molecule has 242 valence electrons. The van der Waals surface area contributed by atoms with Gasteiger partial charge in [0, 0.05) is 32.0 Å². The first kappa shape index (κ1) is 33.8. The SMILES string of the molecule is CC(C)COC(C)ONC(=O)c1cnc(N2CCC(CCCc3ccc(CN[C@H](C(=O)O)C4CCCCC4)cc3)CC2)nc1. The second kappa shape index (κ2) is 17.4. The second-order valence-electron chi connectivity index (χ2n) is 12.8. The molecule has 2 heterocycles. The van der Waals surface area contributed by atoms with Gasteiger partial charge in [0.05, 0.1) is 12.2 Å². The number of carbonyl (C=O) groups is 2. The number of carboxylic acid groups (broad SMARTS) is 1. The molecule has 1 saturated carbocycles. The molecule has 10 heteroatoms. The van der Waals surface area contributed by atoms with Crippen molar-refractivity contribution < 1.29 is 24.3 Å². The van der Waals surface area contributed by atoms with E-state index in [1.165, 1.54) is 30.8 Å². The van der Waals surface area contributed by atoms with Gasteiger partial charge < -0.3 is 20.1 Å². The van der Waals surface area contributed by atoms with E-state index in [1.807, 2.05) is 13.8 Å². The molecule has 44 heavy (non-hydrogen) atoms. The van der Waals surface area contributed by atoms with Crippen LogP contribution in [0.5, 0.6) is 0 Å². The van der Waals surface area contributed by atoms with E-state index in [-0.39, 0.29) is 5.92 Å². The Hall–Kier alpha value is -3.08. The van der Waals surface area contributed by atoms with Gasteiger partial charge in [-0.3, -0.25) is 9.59 Å². The number of aliphatic carboxylic acids is 1. The summed E-state index contributed by atoms with van der Waals surface area (Å²) in [7, 11) is 0. The lowest BCUT2D eigenvalue weighted by Gasteiger charge is -2.32. The van der Waals surface area contributed by atoms with Crippen LogP contribution in [0.3, 0.4) is 0 Å². The maximum Gasteiger partial charge on any atom is 0.320 e. The van der Waals surface area contributed by atoms with Crippen LogP contribution in [-0.2, 0) is 27.3 Å². The van der Waals surface area contributed by atoms with E-state index in [9.17, 15) is 14.7 Å². The molecule has 0 bridgehead atoms. The normalized spacial score (nSPS) is 17.9. The zero-order chi connectivity index (χ0) is 31.3. The Morgan fingerprint density at radius 1 is 0.977 bits per heavy atom. The van der Waals surface area contributed by atoms with Gasteiger partial charge in [-0.25, -0.2) is 20.3 Å². The standard InChI is InChI=1S/C34H51N5O5/c1-24(2)23-43-25(3)44-38-32(40)30-21-36-34(37-22-30)39-18-16-27(17-19-39)9-7-8-26-12-14-28(15-13-26)20-35-31(33(41)42)29-10-5-4-6-11-29/h12-15,21-22,24-25,27,29,31,35H,4-11,16-20,23H2,1-3H3,(H,38,40)(H,41,42)/t25?,31-/m0/s1. The van der Waals surface area contributed by atoms with Crippen molar-refractivity contribution in [1.82, 2.24) is 20.8 Å². The Kier molecular flexibility index (Phi) is 13.4. The van der Waals surface area contributed by atoms with Crippen molar-refractivity contribution in [3.8, 4) is 0 Å². The number of carbonyl (C=O) groups excluding carboxylic acids is 1. The van der Waals surface area contributed by atoms with Gasteiger partial charge in [-0.2, -0.15) is 0 Å². The van der Waals surface area contributed by atoms with E-state index in [2.05, 4.69) is 49.9 Å². The van der Waals surface area contributed by atoms with Crippen LogP contribution in [0.15, 0.2) is 36.7 Å². The summed E-state index contributed by atoms with van der Waals surface area (Å²) in [5.74, 6) is 0.830. The van der Waals surface area contributed by atoms with Crippen LogP contribution in [0.1, 0.15) is 100 Å². The van der Waals surface area contributed by atoms with Crippen molar-refractivity contribution in [1.29, 1.82) is 0 Å². The summed E-state index contributed by atoms with van der Waals surface area (Å²) in [5.41, 5.74) is 5.21. The van der Waals surface area contributed by atoms with Gasteiger partial charge in [-0.15, -0.1) is 0 Å². The molecule has 3 N–H and O–H groups in total. The fourth-order valence-corrected chi connectivity index (χ4v) is 6.15. The number of carboxylic acids is 1. The van der Waals surface area contributed by atoms with Crippen LogP contribution in [0.2, 0.25) is 0 Å². The van der Waals surface area contributed by atoms with Crippen LogP contribution < -0.4 is 15.7 Å². The first-order valence-corrected chi connectivity index (χ1v) is 16.5. The highest BCUT2D eigenvalue weighted by atomic mass is 16.8. The third-order valence-corrected chi connectivity index (χ3v) is 8.79. The van der Waals surface area contributed by atoms with Gasteiger partial charge in [-0.05, 0) is 80.8 Å². The summed E-state index contributed by atoms with van der Waals surface area (Å²) in [4.78, 5) is 40.5. The predicted octanol–water partition coefficient (Wildman–Crippen LogP) is 5.52. The van der Waals surface area contributed by atoms with E-state index in [4.69, 9.17) is 9.57 Å². The molecule has 2 aliphatic rings. The van der Waals surface area contributed by atoms with Crippen molar-refractivity contribution in [3.63, 3.8) is 0 Å². The van der Waals surface area contributed by atoms with Gasteiger partial charge in [0.25, 0.3) is 5.91 Å². The van der Waals surface area contributed by atoms with E-state index in [0.717, 1.165) is 70.0 Å². The summed E-state index contributed by atoms with van der Waals surface area (Å²) >= 11 is 0. The molecule has 2 aromatic rings. The van der Waals surface area contributed by atoms with E-state index in [0.29, 0.717) is 36.5 Å². The highest BCUT2D eigenvalue weighted by molar-refractivity contribution is 5.92. The minimum absolute atomic E-state index is 0.239. The summed E-state index contributed by atoms with van der Waals surface area (Å²) in [6.07, 6.45) is 13.6. The summed E-state index contributed by atoms with van der Waals surface area (Å²) < 4.78 is 5.49. The average Bonchev–Trinajstić information content (AvgIpc) is 3.04. The Bertz CT molecular complexity index is 1150. The Labute approximate surface area is 262 Å². The number of ether oxygens (including phenoxy) is 1. The number of aromatic nitrogens is 2. The Morgan fingerprint density at radius 2 is 1.64 bits per heavy atom. The molecule has 1 aliphatic carbocycles. The van der Waals surface area contributed by atoms with Crippen LogP contribution in [0, 0.1) is 17.8 Å². The molecule has 1 aromatic heterocycles. The van der Waals surface area contributed by atoms with Crippen molar-refractivity contribution in [2.75, 3.05) is 24.6 Å². The molecule has 1 aliphatic heterocycles. The molecular weight excluding hydrogens is 558 g/mol. The highest BCUT2D eigenvalue weighted by Crippen LogP contribution is 2.27. The van der Waals surface area contributed by atoms with Crippen LogP contribution >= 0.6 is 0 Å². The number of aryl methyl sites for hydroxylation is 1. The lowest BCUT2D eigenvalue weighted by atomic mass is 9.84.